The summed E-state index contributed by atoms with van der Waals surface area (Å²) in [6.07, 6.45) is 2.30. The van der Waals surface area contributed by atoms with E-state index in [1.54, 1.807) is 11.8 Å². The van der Waals surface area contributed by atoms with E-state index in [2.05, 4.69) is 33.8 Å². The van der Waals surface area contributed by atoms with E-state index in [1.807, 2.05) is 32.0 Å². The van der Waals surface area contributed by atoms with Gasteiger partial charge >= 0.3 is 0 Å². The van der Waals surface area contributed by atoms with Crippen molar-refractivity contribution in [3.63, 3.8) is 0 Å². The van der Waals surface area contributed by atoms with Crippen LogP contribution in [0, 0.1) is 0 Å². The topological polar surface area (TPSA) is 50.9 Å². The predicted octanol–water partition coefficient (Wildman–Crippen LogP) is 3.53. The van der Waals surface area contributed by atoms with E-state index in [4.69, 9.17) is 0 Å². The number of thioether (sulfide) groups is 1. The van der Waals surface area contributed by atoms with Gasteiger partial charge in [0.15, 0.2) is 5.16 Å². The molecule has 0 amide bonds. The van der Waals surface area contributed by atoms with Crippen LogP contribution in [0.25, 0.3) is 0 Å². The Balaban J connectivity index is 2.10. The minimum absolute atomic E-state index is 0.616. The molecular formula is C17H25N3OS. The van der Waals surface area contributed by atoms with Crippen LogP contribution in [0.1, 0.15) is 45.0 Å². The zero-order valence-corrected chi connectivity index (χ0v) is 14.4. The van der Waals surface area contributed by atoms with Crippen molar-refractivity contribution in [1.82, 2.24) is 14.8 Å². The normalized spacial score (nSPS) is 11.8. The molecule has 0 aliphatic carbocycles. The van der Waals surface area contributed by atoms with Gasteiger partial charge in [-0.1, -0.05) is 55.9 Å². The van der Waals surface area contributed by atoms with Gasteiger partial charge in [-0.25, -0.2) is 0 Å². The SMILES string of the molecule is CCn1c(Cc2ccccc2)nnc1SCC(O)(CC)CC. The summed E-state index contributed by atoms with van der Waals surface area (Å²) >= 11 is 1.60. The van der Waals surface area contributed by atoms with E-state index >= 15 is 0 Å². The minimum atomic E-state index is -0.616. The van der Waals surface area contributed by atoms with Crippen LogP contribution in [-0.2, 0) is 13.0 Å². The summed E-state index contributed by atoms with van der Waals surface area (Å²) in [5.74, 6) is 1.64. The molecule has 2 aromatic rings. The quantitative estimate of drug-likeness (QED) is 0.756. The Hall–Kier alpha value is -1.33. The van der Waals surface area contributed by atoms with Crippen molar-refractivity contribution in [2.24, 2.45) is 0 Å². The lowest BCUT2D eigenvalue weighted by atomic mass is 10.0. The Labute approximate surface area is 137 Å². The van der Waals surface area contributed by atoms with Gasteiger partial charge in [0, 0.05) is 18.7 Å². The summed E-state index contributed by atoms with van der Waals surface area (Å²) in [4.78, 5) is 0. The highest BCUT2D eigenvalue weighted by molar-refractivity contribution is 7.99. The van der Waals surface area contributed by atoms with Gasteiger partial charge in [-0.15, -0.1) is 10.2 Å². The maximum Gasteiger partial charge on any atom is 0.191 e. The van der Waals surface area contributed by atoms with Gasteiger partial charge in [0.05, 0.1) is 5.60 Å². The second-order valence-corrected chi connectivity index (χ2v) is 6.47. The van der Waals surface area contributed by atoms with Gasteiger partial charge < -0.3 is 9.67 Å². The second-order valence-electron chi connectivity index (χ2n) is 5.53. The van der Waals surface area contributed by atoms with Crippen LogP contribution in [0.3, 0.4) is 0 Å². The first-order chi connectivity index (χ1) is 10.6. The highest BCUT2D eigenvalue weighted by Crippen LogP contribution is 2.26. The summed E-state index contributed by atoms with van der Waals surface area (Å²) in [6.45, 7) is 6.99. The summed E-state index contributed by atoms with van der Waals surface area (Å²) < 4.78 is 2.14. The van der Waals surface area contributed by atoms with Crippen LogP contribution in [-0.4, -0.2) is 31.2 Å². The summed E-state index contributed by atoms with van der Waals surface area (Å²) in [5.41, 5.74) is 0.620. The molecule has 0 aliphatic rings. The number of aliphatic hydroxyl groups is 1. The third-order valence-electron chi connectivity index (χ3n) is 4.10. The van der Waals surface area contributed by atoms with Crippen molar-refractivity contribution in [3.05, 3.63) is 41.7 Å². The van der Waals surface area contributed by atoms with E-state index in [0.717, 1.165) is 36.8 Å². The third kappa shape index (κ3) is 4.11. The van der Waals surface area contributed by atoms with Crippen molar-refractivity contribution >= 4 is 11.8 Å². The molecule has 1 heterocycles. The summed E-state index contributed by atoms with van der Waals surface area (Å²) in [5, 5.41) is 20.0. The third-order valence-corrected chi connectivity index (χ3v) is 5.34. The first-order valence-corrected chi connectivity index (χ1v) is 8.91. The molecule has 5 heteroatoms. The molecule has 0 radical (unpaired) electrons. The van der Waals surface area contributed by atoms with Crippen molar-refractivity contribution in [2.75, 3.05) is 5.75 Å². The fraction of sp³-hybridized carbons (Fsp3) is 0.529. The summed E-state index contributed by atoms with van der Waals surface area (Å²) in [6, 6.07) is 10.3. The van der Waals surface area contributed by atoms with Crippen molar-refractivity contribution < 1.29 is 5.11 Å². The number of hydrogen-bond acceptors (Lipinski definition) is 4. The predicted molar refractivity (Wildman–Crippen MR) is 91.2 cm³/mol. The van der Waals surface area contributed by atoms with Gasteiger partial charge in [-0.3, -0.25) is 0 Å². The lowest BCUT2D eigenvalue weighted by Gasteiger charge is -2.24. The number of hydrogen-bond donors (Lipinski definition) is 1. The van der Waals surface area contributed by atoms with Gasteiger partial charge in [0.1, 0.15) is 5.82 Å². The Morgan fingerprint density at radius 3 is 2.36 bits per heavy atom. The number of rotatable bonds is 8. The second kappa shape index (κ2) is 7.79. The molecule has 2 rings (SSSR count). The van der Waals surface area contributed by atoms with Crippen LogP contribution in [0.5, 0.6) is 0 Å². The van der Waals surface area contributed by atoms with Gasteiger partial charge in [0.25, 0.3) is 0 Å². The molecule has 4 nitrogen and oxygen atoms in total. The highest BCUT2D eigenvalue weighted by atomic mass is 32.2. The molecule has 0 saturated carbocycles. The van der Waals surface area contributed by atoms with Gasteiger partial charge in [0.2, 0.25) is 0 Å². The molecule has 1 N–H and O–H groups in total. The molecular weight excluding hydrogens is 294 g/mol. The van der Waals surface area contributed by atoms with E-state index in [-0.39, 0.29) is 0 Å². The van der Waals surface area contributed by atoms with E-state index < -0.39 is 5.60 Å². The maximum atomic E-state index is 10.4. The standard InChI is InChI=1S/C17H25N3OS/c1-4-17(21,5-2)13-22-16-19-18-15(20(16)6-3)12-14-10-8-7-9-11-14/h7-11,21H,4-6,12-13H2,1-3H3. The van der Waals surface area contributed by atoms with Crippen molar-refractivity contribution in [1.29, 1.82) is 0 Å². The smallest absolute Gasteiger partial charge is 0.191 e. The van der Waals surface area contributed by atoms with E-state index in [1.165, 1.54) is 5.56 Å². The van der Waals surface area contributed by atoms with Crippen LogP contribution >= 0.6 is 11.8 Å². The Bertz CT molecular complexity index is 579. The molecule has 0 spiro atoms. The molecule has 1 aromatic heterocycles. The van der Waals surface area contributed by atoms with Crippen molar-refractivity contribution in [2.45, 2.75) is 57.3 Å². The monoisotopic (exact) mass is 319 g/mol. The number of benzene rings is 1. The molecule has 0 bridgehead atoms. The molecule has 22 heavy (non-hydrogen) atoms. The molecule has 0 atom stereocenters. The molecule has 1 aromatic carbocycles. The van der Waals surface area contributed by atoms with Crippen LogP contribution in [0.4, 0.5) is 0 Å². The van der Waals surface area contributed by atoms with Crippen LogP contribution in [0.15, 0.2) is 35.5 Å². The fourth-order valence-electron chi connectivity index (χ4n) is 2.31. The zero-order chi connectivity index (χ0) is 16.0. The average Bonchev–Trinajstić information content (AvgIpc) is 2.95. The molecule has 0 unspecified atom stereocenters. The number of nitrogens with zero attached hydrogens (tertiary/aromatic N) is 3. The molecule has 0 saturated heterocycles. The lowest BCUT2D eigenvalue weighted by molar-refractivity contribution is 0.0571. The number of aromatic nitrogens is 3. The maximum absolute atomic E-state index is 10.4. The highest BCUT2D eigenvalue weighted by Gasteiger charge is 2.24. The van der Waals surface area contributed by atoms with Gasteiger partial charge in [-0.2, -0.15) is 0 Å². The Morgan fingerprint density at radius 2 is 1.77 bits per heavy atom. The Kier molecular flexibility index (Phi) is 6.03. The molecule has 0 fully saturated rings. The summed E-state index contributed by atoms with van der Waals surface area (Å²) in [7, 11) is 0. The lowest BCUT2D eigenvalue weighted by Crippen LogP contribution is -2.29. The zero-order valence-electron chi connectivity index (χ0n) is 13.6. The van der Waals surface area contributed by atoms with E-state index in [9.17, 15) is 5.11 Å². The van der Waals surface area contributed by atoms with Crippen LogP contribution < -0.4 is 0 Å². The molecule has 0 aliphatic heterocycles. The minimum Gasteiger partial charge on any atom is -0.389 e. The molecule has 120 valence electrons. The average molecular weight is 319 g/mol. The van der Waals surface area contributed by atoms with Gasteiger partial charge in [-0.05, 0) is 25.3 Å². The first-order valence-electron chi connectivity index (χ1n) is 7.93. The largest absolute Gasteiger partial charge is 0.389 e. The van der Waals surface area contributed by atoms with Crippen molar-refractivity contribution in [3.8, 4) is 0 Å². The fourth-order valence-corrected chi connectivity index (χ4v) is 3.60. The Morgan fingerprint density at radius 1 is 1.09 bits per heavy atom. The van der Waals surface area contributed by atoms with Crippen LogP contribution in [0.2, 0.25) is 0 Å². The van der Waals surface area contributed by atoms with E-state index in [0.29, 0.717) is 5.75 Å². The first kappa shape index (κ1) is 17.0.